The second-order valence-electron chi connectivity index (χ2n) is 6.10. The first-order valence-electron chi connectivity index (χ1n) is 7.94. The summed E-state index contributed by atoms with van der Waals surface area (Å²) >= 11 is 0. The van der Waals surface area contributed by atoms with Crippen molar-refractivity contribution in [2.45, 2.75) is 11.8 Å². The van der Waals surface area contributed by atoms with Gasteiger partial charge in [-0.3, -0.25) is 0 Å². The molecule has 0 aromatic carbocycles. The Bertz CT molecular complexity index is 590. The van der Waals surface area contributed by atoms with Crippen molar-refractivity contribution in [1.29, 1.82) is 0 Å². The summed E-state index contributed by atoms with van der Waals surface area (Å²) in [5, 5.41) is 7.12. The predicted molar refractivity (Wildman–Crippen MR) is 84.9 cm³/mol. The first-order valence-corrected chi connectivity index (χ1v) is 7.94. The van der Waals surface area contributed by atoms with E-state index < -0.39 is 12.1 Å². The number of hydrogen-bond donors (Lipinski definition) is 1. The quantitative estimate of drug-likeness (QED) is 0.762. The lowest BCUT2D eigenvalue weighted by molar-refractivity contribution is -0.192. The van der Waals surface area contributed by atoms with Crippen LogP contribution in [0.1, 0.15) is 0 Å². The maximum Gasteiger partial charge on any atom is 0.490 e. The summed E-state index contributed by atoms with van der Waals surface area (Å²) in [4.78, 5) is 22.0. The van der Waals surface area contributed by atoms with Crippen LogP contribution >= 0.6 is 0 Å². The van der Waals surface area contributed by atoms with Gasteiger partial charge in [-0.1, -0.05) is 0 Å². The molecule has 1 aromatic heterocycles. The Morgan fingerprint density at radius 3 is 2.46 bits per heavy atom. The van der Waals surface area contributed by atoms with E-state index in [0.29, 0.717) is 13.2 Å². The maximum atomic E-state index is 10.6. The van der Waals surface area contributed by atoms with E-state index in [1.54, 1.807) is 12.4 Å². The summed E-state index contributed by atoms with van der Waals surface area (Å²) in [5.74, 6) is -2.00. The third-order valence-electron chi connectivity index (χ3n) is 3.87. The Kier molecular flexibility index (Phi) is 6.73. The molecule has 11 heteroatoms. The molecule has 8 nitrogen and oxygen atoms in total. The minimum absolute atomic E-state index is 0.261. The zero-order valence-electron chi connectivity index (χ0n) is 14.3. The minimum Gasteiger partial charge on any atom is -0.475 e. The monoisotopic (exact) mass is 378 g/mol. The van der Waals surface area contributed by atoms with Crippen LogP contribution < -0.4 is 4.90 Å². The number of aromatic nitrogens is 2. The highest BCUT2D eigenvalue weighted by molar-refractivity contribution is 5.73. The van der Waals surface area contributed by atoms with Crippen LogP contribution in [0.3, 0.4) is 0 Å². The van der Waals surface area contributed by atoms with Gasteiger partial charge in [0.25, 0.3) is 0 Å². The normalized spacial score (nSPS) is 24.5. The number of hydrogen-bond acceptors (Lipinski definition) is 7. The fourth-order valence-electron chi connectivity index (χ4n) is 2.75. The molecule has 0 aliphatic carbocycles. The van der Waals surface area contributed by atoms with Crippen LogP contribution in [0.4, 0.5) is 19.1 Å². The first-order chi connectivity index (χ1) is 12.2. The molecule has 1 atom stereocenters. The molecule has 26 heavy (non-hydrogen) atoms. The summed E-state index contributed by atoms with van der Waals surface area (Å²) in [7, 11) is 2.12. The van der Waals surface area contributed by atoms with Gasteiger partial charge < -0.3 is 24.4 Å². The van der Waals surface area contributed by atoms with E-state index in [1.807, 2.05) is 6.07 Å². The lowest BCUT2D eigenvalue weighted by Gasteiger charge is -2.42. The third kappa shape index (κ3) is 5.78. The lowest BCUT2D eigenvalue weighted by Crippen LogP contribution is -2.58. The van der Waals surface area contributed by atoms with Gasteiger partial charge in [-0.25, -0.2) is 14.8 Å². The fraction of sp³-hybridized carbons (Fsp3) is 0.667. The van der Waals surface area contributed by atoms with Crippen LogP contribution in [-0.2, 0) is 14.3 Å². The molecule has 146 valence electrons. The number of alkyl halides is 3. The van der Waals surface area contributed by atoms with Crippen LogP contribution in [-0.4, -0.2) is 90.8 Å². The van der Waals surface area contributed by atoms with Crippen molar-refractivity contribution in [3.63, 3.8) is 0 Å². The fourth-order valence-corrected chi connectivity index (χ4v) is 2.75. The van der Waals surface area contributed by atoms with E-state index in [1.165, 1.54) is 0 Å². The van der Waals surface area contributed by atoms with E-state index in [4.69, 9.17) is 19.4 Å². The van der Waals surface area contributed by atoms with Gasteiger partial charge >= 0.3 is 12.1 Å². The molecule has 1 spiro atoms. The molecule has 0 radical (unpaired) electrons. The van der Waals surface area contributed by atoms with Crippen LogP contribution in [0.5, 0.6) is 0 Å². The Balaban J connectivity index is 0.000000298. The topological polar surface area (TPSA) is 88.0 Å². The SMILES string of the molecule is CN1CCOC2(COCCN(c3ncccn3)C2)C1.O=C(O)C(F)(F)F. The smallest absolute Gasteiger partial charge is 0.475 e. The highest BCUT2D eigenvalue weighted by atomic mass is 19.4. The molecule has 1 unspecified atom stereocenters. The number of carboxylic acid groups (broad SMARTS) is 1. The van der Waals surface area contributed by atoms with Gasteiger partial charge in [0.1, 0.15) is 5.60 Å². The number of anilines is 1. The molecule has 1 aromatic rings. The van der Waals surface area contributed by atoms with Crippen molar-refractivity contribution in [2.24, 2.45) is 0 Å². The van der Waals surface area contributed by atoms with Crippen molar-refractivity contribution in [2.75, 3.05) is 57.9 Å². The number of morpholine rings is 1. The largest absolute Gasteiger partial charge is 0.490 e. The number of ether oxygens (including phenoxy) is 2. The van der Waals surface area contributed by atoms with E-state index >= 15 is 0 Å². The summed E-state index contributed by atoms with van der Waals surface area (Å²) < 4.78 is 43.5. The maximum absolute atomic E-state index is 10.6. The van der Waals surface area contributed by atoms with Gasteiger partial charge in [-0.15, -0.1) is 0 Å². The number of rotatable bonds is 1. The number of halogens is 3. The Labute approximate surface area is 148 Å². The summed E-state index contributed by atoms with van der Waals surface area (Å²) in [6, 6.07) is 1.83. The van der Waals surface area contributed by atoms with E-state index in [2.05, 4.69) is 26.8 Å². The number of likely N-dealkylation sites (N-methyl/N-ethyl adjacent to an activating group) is 1. The summed E-state index contributed by atoms with van der Waals surface area (Å²) in [5.41, 5.74) is -0.261. The number of carbonyl (C=O) groups is 1. The Morgan fingerprint density at radius 2 is 1.88 bits per heavy atom. The zero-order chi connectivity index (χ0) is 19.2. The van der Waals surface area contributed by atoms with E-state index in [9.17, 15) is 13.2 Å². The van der Waals surface area contributed by atoms with Crippen LogP contribution in [0.15, 0.2) is 18.5 Å². The summed E-state index contributed by atoms with van der Waals surface area (Å²) in [6.07, 6.45) is -1.54. The van der Waals surface area contributed by atoms with Gasteiger partial charge in [-0.05, 0) is 13.1 Å². The predicted octanol–water partition coefficient (Wildman–Crippen LogP) is 0.647. The van der Waals surface area contributed by atoms with Crippen molar-refractivity contribution in [3.05, 3.63) is 18.5 Å². The second-order valence-corrected chi connectivity index (χ2v) is 6.10. The molecule has 2 fully saturated rings. The molecule has 0 amide bonds. The van der Waals surface area contributed by atoms with Gasteiger partial charge in [-0.2, -0.15) is 13.2 Å². The van der Waals surface area contributed by atoms with Crippen LogP contribution in [0, 0.1) is 0 Å². The van der Waals surface area contributed by atoms with Crippen molar-refractivity contribution < 1.29 is 32.5 Å². The molecule has 1 N–H and O–H groups in total. The Morgan fingerprint density at radius 1 is 1.23 bits per heavy atom. The van der Waals surface area contributed by atoms with Gasteiger partial charge in [0.05, 0.1) is 26.4 Å². The summed E-state index contributed by atoms with van der Waals surface area (Å²) in [6.45, 7) is 5.53. The molecule has 2 saturated heterocycles. The molecule has 0 saturated carbocycles. The average molecular weight is 378 g/mol. The number of nitrogens with zero attached hydrogens (tertiary/aromatic N) is 4. The molecule has 3 rings (SSSR count). The van der Waals surface area contributed by atoms with Gasteiger partial charge in [0.15, 0.2) is 0 Å². The van der Waals surface area contributed by atoms with Crippen molar-refractivity contribution in [3.8, 4) is 0 Å². The molecular weight excluding hydrogens is 357 g/mol. The molecule has 2 aliphatic rings. The minimum atomic E-state index is -5.08. The highest BCUT2D eigenvalue weighted by Gasteiger charge is 2.40. The molecule has 2 aliphatic heterocycles. The van der Waals surface area contributed by atoms with E-state index in [0.717, 1.165) is 38.7 Å². The standard InChI is InChI=1S/C13H20N4O2.C2HF3O2/c1-16-5-8-19-13(9-16)10-17(6-7-18-11-13)12-14-3-2-4-15-12;3-2(4,5)1(6)7/h2-4H,5-11H2,1H3;(H,6,7). The second kappa shape index (κ2) is 8.60. The lowest BCUT2D eigenvalue weighted by atomic mass is 10.0. The number of carboxylic acids is 1. The highest BCUT2D eigenvalue weighted by Crippen LogP contribution is 2.23. The number of aliphatic carboxylic acids is 1. The van der Waals surface area contributed by atoms with Crippen LogP contribution in [0.25, 0.3) is 0 Å². The van der Waals surface area contributed by atoms with Crippen LogP contribution in [0.2, 0.25) is 0 Å². The molecule has 0 bridgehead atoms. The van der Waals surface area contributed by atoms with Gasteiger partial charge in [0.2, 0.25) is 5.95 Å². The third-order valence-corrected chi connectivity index (χ3v) is 3.87. The average Bonchev–Trinajstić information content (AvgIpc) is 2.78. The van der Waals surface area contributed by atoms with E-state index in [-0.39, 0.29) is 5.60 Å². The molecule has 3 heterocycles. The van der Waals surface area contributed by atoms with Crippen molar-refractivity contribution in [1.82, 2.24) is 14.9 Å². The zero-order valence-corrected chi connectivity index (χ0v) is 14.3. The van der Waals surface area contributed by atoms with Crippen molar-refractivity contribution >= 4 is 11.9 Å². The first kappa shape index (κ1) is 20.3. The molecular formula is C15H21F3N4O4. The Hall–Kier alpha value is -1.98. The van der Waals surface area contributed by atoms with Gasteiger partial charge in [0, 0.05) is 32.0 Å².